The first kappa shape index (κ1) is 24.5. The van der Waals surface area contributed by atoms with Gasteiger partial charge in [0, 0.05) is 27.2 Å². The molecule has 3 aromatic heterocycles. The molecule has 5 rings (SSSR count). The highest BCUT2D eigenvalue weighted by Gasteiger charge is 2.25. The van der Waals surface area contributed by atoms with Crippen LogP contribution in [0.25, 0.3) is 11.4 Å². The Kier molecular flexibility index (Phi) is 7.61. The topological polar surface area (TPSA) is 83.6 Å². The highest BCUT2D eigenvalue weighted by Crippen LogP contribution is 2.39. The van der Waals surface area contributed by atoms with Gasteiger partial charge in [-0.1, -0.05) is 31.5 Å². The number of aryl methyl sites for hydroxylation is 1. The van der Waals surface area contributed by atoms with E-state index in [4.69, 9.17) is 0 Å². The maximum absolute atomic E-state index is 12.9. The lowest BCUT2D eigenvalue weighted by Crippen LogP contribution is -2.14. The number of carbonyl (C=O) groups is 1. The van der Waals surface area contributed by atoms with Crippen molar-refractivity contribution in [2.24, 2.45) is 5.92 Å². The van der Waals surface area contributed by atoms with Crippen LogP contribution in [0.1, 0.15) is 72.4 Å². The minimum atomic E-state index is -0.102. The number of hydrogen-bond donors (Lipinski definition) is 1. The van der Waals surface area contributed by atoms with E-state index in [0.717, 1.165) is 67.5 Å². The maximum atomic E-state index is 12.9. The number of aromatic nitrogens is 3. The van der Waals surface area contributed by atoms with Gasteiger partial charge in [0.2, 0.25) is 5.91 Å². The van der Waals surface area contributed by atoms with Crippen molar-refractivity contribution in [1.29, 1.82) is 5.26 Å². The minimum absolute atomic E-state index is 0.102. The van der Waals surface area contributed by atoms with Gasteiger partial charge in [0.1, 0.15) is 11.1 Å². The van der Waals surface area contributed by atoms with Crippen molar-refractivity contribution in [1.82, 2.24) is 14.8 Å². The fourth-order valence-electron chi connectivity index (χ4n) is 5.16. The van der Waals surface area contributed by atoms with Crippen molar-refractivity contribution < 1.29 is 4.79 Å². The largest absolute Gasteiger partial charge is 0.316 e. The number of anilines is 1. The molecule has 0 fully saturated rings. The fourth-order valence-corrected chi connectivity index (χ4v) is 8.46. The lowest BCUT2D eigenvalue weighted by molar-refractivity contribution is -0.113. The number of nitrogens with one attached hydrogen (secondary N) is 1. The number of fused-ring (bicyclic) bond motifs is 2. The summed E-state index contributed by atoms with van der Waals surface area (Å²) < 4.78 is 2.12. The average molecular weight is 526 g/mol. The Balaban J connectivity index is 1.29. The Hall–Kier alpha value is -2.15. The average Bonchev–Trinajstić information content (AvgIpc) is 3.52. The third-order valence-corrected chi connectivity index (χ3v) is 10.3. The number of hydrogen-bond acceptors (Lipinski definition) is 7. The van der Waals surface area contributed by atoms with Crippen molar-refractivity contribution >= 4 is 45.3 Å². The zero-order valence-electron chi connectivity index (χ0n) is 20.4. The number of amides is 1. The van der Waals surface area contributed by atoms with Crippen LogP contribution in [0.5, 0.6) is 0 Å². The van der Waals surface area contributed by atoms with Gasteiger partial charge in [0.15, 0.2) is 11.0 Å². The lowest BCUT2D eigenvalue weighted by atomic mass is 9.88. The van der Waals surface area contributed by atoms with Crippen molar-refractivity contribution in [3.8, 4) is 17.5 Å². The quantitative estimate of drug-likeness (QED) is 0.373. The van der Waals surface area contributed by atoms with Crippen LogP contribution < -0.4 is 5.32 Å². The molecule has 2 aliphatic rings. The van der Waals surface area contributed by atoms with Crippen LogP contribution in [0.4, 0.5) is 5.00 Å². The van der Waals surface area contributed by atoms with Gasteiger partial charge in [-0.3, -0.25) is 4.79 Å². The Morgan fingerprint density at radius 2 is 2.03 bits per heavy atom. The molecule has 2 aliphatic carbocycles. The summed E-state index contributed by atoms with van der Waals surface area (Å²) in [5.41, 5.74) is 4.46. The smallest absolute Gasteiger partial charge is 0.235 e. The zero-order valence-corrected chi connectivity index (χ0v) is 22.8. The van der Waals surface area contributed by atoms with E-state index in [1.165, 1.54) is 51.9 Å². The number of thioether (sulfide) groups is 1. The van der Waals surface area contributed by atoms with Crippen molar-refractivity contribution in [2.45, 2.75) is 83.3 Å². The molecule has 0 radical (unpaired) electrons. The van der Waals surface area contributed by atoms with E-state index in [2.05, 4.69) is 45.4 Å². The van der Waals surface area contributed by atoms with Crippen LogP contribution in [0, 0.1) is 17.2 Å². The summed E-state index contributed by atoms with van der Waals surface area (Å²) in [5.74, 6) is 1.79. The summed E-state index contributed by atoms with van der Waals surface area (Å²) in [6.45, 7) is 5.17. The number of nitriles is 1. The Bertz CT molecular complexity index is 1260. The Morgan fingerprint density at radius 3 is 2.83 bits per heavy atom. The molecule has 35 heavy (non-hydrogen) atoms. The molecule has 0 saturated carbocycles. The standard InChI is InChI=1S/C26H31N5OS3/c1-3-31-24(20-14-33-22-12-16(2)10-11-18(20)22)29-30-26(31)34-15-23(32)28-25-19(13-27)17-8-6-4-5-7-9-21(17)35-25/h14,16H,3-12,15H2,1-2H3,(H,28,32). The SMILES string of the molecule is CCn1c(SCC(=O)Nc2sc3c(c2C#N)CCCCCC3)nnc1-c1csc2c1CCC(C)C2. The minimum Gasteiger partial charge on any atom is -0.316 e. The molecule has 3 heterocycles. The zero-order chi connectivity index (χ0) is 24.4. The van der Waals surface area contributed by atoms with Gasteiger partial charge >= 0.3 is 0 Å². The van der Waals surface area contributed by atoms with E-state index in [1.807, 2.05) is 11.3 Å². The lowest BCUT2D eigenvalue weighted by Gasteiger charge is -2.19. The fraction of sp³-hybridized carbons (Fsp3) is 0.538. The van der Waals surface area contributed by atoms with Gasteiger partial charge < -0.3 is 9.88 Å². The van der Waals surface area contributed by atoms with Crippen LogP contribution >= 0.6 is 34.4 Å². The maximum Gasteiger partial charge on any atom is 0.235 e. The first-order valence-corrected chi connectivity index (χ1v) is 15.3. The molecule has 0 aromatic carbocycles. The number of thiophene rings is 2. The van der Waals surface area contributed by atoms with Crippen LogP contribution in [0.3, 0.4) is 0 Å². The Morgan fingerprint density at radius 1 is 1.20 bits per heavy atom. The summed E-state index contributed by atoms with van der Waals surface area (Å²) in [7, 11) is 0. The molecule has 0 bridgehead atoms. The summed E-state index contributed by atoms with van der Waals surface area (Å²) in [6.07, 6.45) is 10.1. The molecule has 0 spiro atoms. The first-order chi connectivity index (χ1) is 17.1. The van der Waals surface area contributed by atoms with Gasteiger partial charge in [-0.2, -0.15) is 5.26 Å². The molecular weight excluding hydrogens is 495 g/mol. The summed E-state index contributed by atoms with van der Waals surface area (Å²) in [5, 5.41) is 25.5. The predicted octanol–water partition coefficient (Wildman–Crippen LogP) is 6.47. The predicted molar refractivity (Wildman–Crippen MR) is 144 cm³/mol. The number of carbonyl (C=O) groups excluding carboxylic acids is 1. The monoisotopic (exact) mass is 525 g/mol. The second-order valence-electron chi connectivity index (χ2n) is 9.52. The van der Waals surface area contributed by atoms with Crippen molar-refractivity contribution in [2.75, 3.05) is 11.1 Å². The molecule has 1 unspecified atom stereocenters. The van der Waals surface area contributed by atoms with E-state index >= 15 is 0 Å². The number of nitrogens with zero attached hydrogens (tertiary/aromatic N) is 4. The Labute approximate surface area is 219 Å². The molecule has 1 amide bonds. The van der Waals surface area contributed by atoms with Crippen LogP contribution in [0.15, 0.2) is 10.5 Å². The third-order valence-electron chi connectivity index (χ3n) is 7.04. The third kappa shape index (κ3) is 5.07. The van der Waals surface area contributed by atoms with Crippen LogP contribution in [-0.4, -0.2) is 26.4 Å². The van der Waals surface area contributed by atoms with Gasteiger partial charge in [-0.15, -0.1) is 32.9 Å². The molecule has 6 nitrogen and oxygen atoms in total. The van der Waals surface area contributed by atoms with Gasteiger partial charge in [-0.25, -0.2) is 0 Å². The van der Waals surface area contributed by atoms with E-state index in [9.17, 15) is 10.1 Å². The van der Waals surface area contributed by atoms with Crippen molar-refractivity contribution in [3.63, 3.8) is 0 Å². The second kappa shape index (κ2) is 10.9. The summed E-state index contributed by atoms with van der Waals surface area (Å²) in [6, 6.07) is 2.36. The molecule has 0 saturated heterocycles. The number of rotatable bonds is 6. The molecule has 0 aliphatic heterocycles. The second-order valence-corrected chi connectivity index (χ2v) is 12.5. The molecule has 184 valence electrons. The van der Waals surface area contributed by atoms with Gasteiger partial charge in [0.25, 0.3) is 0 Å². The van der Waals surface area contributed by atoms with E-state index in [0.29, 0.717) is 10.6 Å². The molecular formula is C26H31N5OS3. The van der Waals surface area contributed by atoms with Gasteiger partial charge in [0.05, 0.1) is 11.3 Å². The molecule has 1 atom stereocenters. The van der Waals surface area contributed by atoms with Gasteiger partial charge in [-0.05, 0) is 68.9 Å². The molecule has 3 aromatic rings. The van der Waals surface area contributed by atoms with Crippen molar-refractivity contribution in [3.05, 3.63) is 31.8 Å². The normalized spacial score (nSPS) is 17.7. The molecule has 1 N–H and O–H groups in total. The van der Waals surface area contributed by atoms with E-state index in [-0.39, 0.29) is 11.7 Å². The molecule has 9 heteroatoms. The summed E-state index contributed by atoms with van der Waals surface area (Å²) >= 11 is 4.84. The van der Waals surface area contributed by atoms with E-state index < -0.39 is 0 Å². The van der Waals surface area contributed by atoms with Crippen LogP contribution in [0.2, 0.25) is 0 Å². The highest BCUT2D eigenvalue weighted by atomic mass is 32.2. The van der Waals surface area contributed by atoms with E-state index in [1.54, 1.807) is 11.3 Å². The highest BCUT2D eigenvalue weighted by molar-refractivity contribution is 7.99. The first-order valence-electron chi connectivity index (χ1n) is 12.6. The summed E-state index contributed by atoms with van der Waals surface area (Å²) in [4.78, 5) is 15.6. The van der Waals surface area contributed by atoms with Crippen LogP contribution in [-0.2, 0) is 37.0 Å².